The fourth-order valence-corrected chi connectivity index (χ4v) is 3.90. The van der Waals surface area contributed by atoms with E-state index in [2.05, 4.69) is 17.8 Å². The number of ether oxygens (including phenoxy) is 5. The van der Waals surface area contributed by atoms with Crippen LogP contribution >= 0.6 is 12.2 Å². The molecule has 0 aromatic heterocycles. The average Bonchev–Trinajstić information content (AvgIpc) is 2.71. The number of hydrazine groups is 1. The van der Waals surface area contributed by atoms with Gasteiger partial charge in [0, 0.05) is 27.7 Å². The Kier molecular flexibility index (Phi) is 10.4. The minimum Gasteiger partial charge on any atom is -0.463 e. The molecule has 0 radical (unpaired) electrons. The minimum absolute atomic E-state index is 0.181. The van der Waals surface area contributed by atoms with E-state index in [-0.39, 0.29) is 11.7 Å². The van der Waals surface area contributed by atoms with Gasteiger partial charge in [-0.15, -0.1) is 0 Å². The van der Waals surface area contributed by atoms with Crippen LogP contribution in [-0.4, -0.2) is 104 Å². The zero-order valence-corrected chi connectivity index (χ0v) is 20.8. The fraction of sp³-hybridized carbons (Fsp3) is 0.750. The molecule has 192 valence electrons. The van der Waals surface area contributed by atoms with Crippen LogP contribution in [-0.2, 0) is 42.9 Å². The predicted molar refractivity (Wildman–Crippen MR) is 119 cm³/mol. The van der Waals surface area contributed by atoms with Crippen molar-refractivity contribution in [2.24, 2.45) is 0 Å². The summed E-state index contributed by atoms with van der Waals surface area (Å²) in [4.78, 5) is 48.3. The molecule has 2 rings (SSSR count). The molecule has 0 aliphatic carbocycles. The third-order valence-corrected chi connectivity index (χ3v) is 5.35. The van der Waals surface area contributed by atoms with Crippen molar-refractivity contribution in [3.05, 3.63) is 0 Å². The second-order valence-electron chi connectivity index (χ2n) is 8.15. The van der Waals surface area contributed by atoms with E-state index in [0.717, 1.165) is 40.0 Å². The third kappa shape index (κ3) is 8.66. The lowest BCUT2D eigenvalue weighted by molar-refractivity contribution is -0.884. The Labute approximate surface area is 203 Å². The van der Waals surface area contributed by atoms with E-state index < -0.39 is 54.5 Å². The molecule has 0 bridgehead atoms. The lowest BCUT2D eigenvalue weighted by Gasteiger charge is -2.44. The lowest BCUT2D eigenvalue weighted by atomic mass is 9.97. The normalized spacial score (nSPS) is 27.7. The van der Waals surface area contributed by atoms with Crippen LogP contribution in [0.5, 0.6) is 0 Å². The Balaban J connectivity index is 2.27. The smallest absolute Gasteiger partial charge is 0.303 e. The summed E-state index contributed by atoms with van der Waals surface area (Å²) in [6.45, 7) is 7.77. The summed E-state index contributed by atoms with van der Waals surface area (Å²) in [5, 5.41) is 5.05. The number of piperazine rings is 1. The Morgan fingerprint density at radius 2 is 1.44 bits per heavy atom. The summed E-state index contributed by atoms with van der Waals surface area (Å²) in [5.74, 6) is -2.67. The number of carbonyl (C=O) groups is 4. The molecule has 2 heterocycles. The summed E-state index contributed by atoms with van der Waals surface area (Å²) in [5.41, 5.74) is 3.07. The summed E-state index contributed by atoms with van der Waals surface area (Å²) >= 11 is 5.41. The number of hydrogen-bond acceptors (Lipinski definition) is 11. The number of esters is 4. The van der Waals surface area contributed by atoms with Gasteiger partial charge in [0.2, 0.25) is 0 Å². The van der Waals surface area contributed by atoms with Gasteiger partial charge in [0.25, 0.3) is 0 Å². The average molecular weight is 506 g/mol. The molecular weight excluding hydrogens is 472 g/mol. The van der Waals surface area contributed by atoms with Gasteiger partial charge in [0.05, 0.1) is 33.2 Å². The van der Waals surface area contributed by atoms with Crippen LogP contribution in [0.1, 0.15) is 27.7 Å². The van der Waals surface area contributed by atoms with Crippen LogP contribution in [0.15, 0.2) is 0 Å². The van der Waals surface area contributed by atoms with Crippen LogP contribution in [0.4, 0.5) is 0 Å². The van der Waals surface area contributed by atoms with Gasteiger partial charge in [0.1, 0.15) is 12.7 Å². The first kappa shape index (κ1) is 27.7. The van der Waals surface area contributed by atoms with Gasteiger partial charge in [-0.1, -0.05) is 0 Å². The zero-order chi connectivity index (χ0) is 25.4. The first-order valence-electron chi connectivity index (χ1n) is 10.9. The van der Waals surface area contributed by atoms with E-state index in [4.69, 9.17) is 35.9 Å². The molecule has 0 unspecified atom stereocenters. The number of carbonyl (C=O) groups excluding carboxylic acids is 4. The molecule has 14 heteroatoms. The van der Waals surface area contributed by atoms with Crippen molar-refractivity contribution < 1.29 is 47.8 Å². The van der Waals surface area contributed by atoms with Gasteiger partial charge in [-0.25, -0.2) is 5.01 Å². The van der Waals surface area contributed by atoms with Gasteiger partial charge in [-0.2, -0.15) is 0 Å². The first-order chi connectivity index (χ1) is 16.0. The number of rotatable bonds is 7. The van der Waals surface area contributed by atoms with Crippen LogP contribution in [0, 0.1) is 0 Å². The second kappa shape index (κ2) is 12.8. The van der Waals surface area contributed by atoms with Gasteiger partial charge in [0.15, 0.2) is 29.7 Å². The highest BCUT2D eigenvalue weighted by molar-refractivity contribution is 7.80. The van der Waals surface area contributed by atoms with Crippen molar-refractivity contribution in [1.29, 1.82) is 0 Å². The van der Waals surface area contributed by atoms with Crippen LogP contribution in [0.3, 0.4) is 0 Å². The summed E-state index contributed by atoms with van der Waals surface area (Å²) in [7, 11) is 2.10. The molecule has 34 heavy (non-hydrogen) atoms. The number of thiocarbonyl (C=S) groups is 1. The zero-order valence-electron chi connectivity index (χ0n) is 20.0. The lowest BCUT2D eigenvalue weighted by Crippen LogP contribution is -3.12. The number of nitrogens with one attached hydrogen (secondary N) is 3. The van der Waals surface area contributed by atoms with Crippen molar-refractivity contribution in [3.63, 3.8) is 0 Å². The molecule has 0 amide bonds. The SMILES string of the molecule is CC(=O)OC[C@@H]1O[C@@H](NC(=S)NN2CC[NH+](C)CC2)[C@@H](OC(C)=O)[C@@H](OC(C)=O)[C@H]1OC(C)=O. The molecule has 0 aromatic rings. The summed E-state index contributed by atoms with van der Waals surface area (Å²) < 4.78 is 27.2. The summed E-state index contributed by atoms with van der Waals surface area (Å²) in [6.07, 6.45) is -5.86. The molecule has 5 atom stereocenters. The molecule has 0 saturated carbocycles. The Morgan fingerprint density at radius 1 is 0.912 bits per heavy atom. The second-order valence-corrected chi connectivity index (χ2v) is 8.56. The van der Waals surface area contributed by atoms with Crippen molar-refractivity contribution in [2.45, 2.75) is 58.3 Å². The topological polar surface area (TPSA) is 146 Å². The van der Waals surface area contributed by atoms with Crippen molar-refractivity contribution >= 4 is 41.2 Å². The summed E-state index contributed by atoms with van der Waals surface area (Å²) in [6, 6.07) is 0. The Morgan fingerprint density at radius 3 is 1.97 bits per heavy atom. The number of likely N-dealkylation sites (N-methyl/N-ethyl adjacent to an activating group) is 1. The molecule has 0 spiro atoms. The Bertz CT molecular complexity index is 775. The van der Waals surface area contributed by atoms with Gasteiger partial charge in [-0.3, -0.25) is 24.6 Å². The molecule has 2 aliphatic heterocycles. The molecule has 0 aromatic carbocycles. The molecular formula is C20H33N4O9S+. The predicted octanol–water partition coefficient (Wildman–Crippen LogP) is -2.72. The van der Waals surface area contributed by atoms with Crippen molar-refractivity contribution in [1.82, 2.24) is 15.8 Å². The fourth-order valence-electron chi connectivity index (χ4n) is 3.65. The van der Waals surface area contributed by atoms with Crippen LogP contribution in [0.25, 0.3) is 0 Å². The van der Waals surface area contributed by atoms with Crippen molar-refractivity contribution in [2.75, 3.05) is 39.8 Å². The van der Waals surface area contributed by atoms with Crippen LogP contribution in [0.2, 0.25) is 0 Å². The van der Waals surface area contributed by atoms with Gasteiger partial charge in [-0.05, 0) is 12.2 Å². The van der Waals surface area contributed by atoms with Crippen molar-refractivity contribution in [3.8, 4) is 0 Å². The van der Waals surface area contributed by atoms with E-state index >= 15 is 0 Å². The van der Waals surface area contributed by atoms with Gasteiger partial charge < -0.3 is 33.9 Å². The maximum absolute atomic E-state index is 11.9. The first-order valence-corrected chi connectivity index (χ1v) is 11.3. The quantitative estimate of drug-likeness (QED) is 0.187. The number of nitrogens with zero attached hydrogens (tertiary/aromatic N) is 1. The molecule has 2 fully saturated rings. The Hall–Kier alpha value is -2.55. The van der Waals surface area contributed by atoms with E-state index in [1.54, 1.807) is 0 Å². The maximum atomic E-state index is 11.9. The highest BCUT2D eigenvalue weighted by atomic mass is 32.1. The van der Waals surface area contributed by atoms with Crippen LogP contribution < -0.4 is 15.6 Å². The van der Waals surface area contributed by atoms with E-state index in [0.29, 0.717) is 0 Å². The number of quaternary nitrogens is 1. The standard InChI is InChI=1S/C20H32N4O9S/c1-11(25)29-10-15-16(30-12(2)26)17(31-13(3)27)18(32-14(4)28)19(33-15)21-20(34)22-24-8-6-23(5)7-9-24/h15-19H,6-10H2,1-5H3,(H2,21,22,34)/p+1/t15-,16-,17-,18-,19+/m0/s1. The minimum atomic E-state index is -1.26. The third-order valence-electron chi connectivity index (χ3n) is 5.14. The highest BCUT2D eigenvalue weighted by Crippen LogP contribution is 2.28. The van der Waals surface area contributed by atoms with E-state index in [1.165, 1.54) is 18.7 Å². The maximum Gasteiger partial charge on any atom is 0.303 e. The molecule has 13 nitrogen and oxygen atoms in total. The number of hydrogen-bond donors (Lipinski definition) is 3. The molecule has 2 saturated heterocycles. The highest BCUT2D eigenvalue weighted by Gasteiger charge is 2.52. The van der Waals surface area contributed by atoms with E-state index in [1.807, 2.05) is 5.01 Å². The van der Waals surface area contributed by atoms with E-state index in [9.17, 15) is 19.2 Å². The monoisotopic (exact) mass is 505 g/mol. The van der Waals surface area contributed by atoms with Gasteiger partial charge >= 0.3 is 23.9 Å². The largest absolute Gasteiger partial charge is 0.463 e. The molecule has 2 aliphatic rings. The molecule has 3 N–H and O–H groups in total.